The highest BCUT2D eigenvalue weighted by molar-refractivity contribution is 5.99. The van der Waals surface area contributed by atoms with Gasteiger partial charge in [0.2, 0.25) is 0 Å². The van der Waals surface area contributed by atoms with Crippen LogP contribution >= 0.6 is 0 Å². The molecular weight excluding hydrogens is 246 g/mol. The van der Waals surface area contributed by atoms with Crippen LogP contribution in [0.4, 0.5) is 5.69 Å². The summed E-state index contributed by atoms with van der Waals surface area (Å²) in [5.74, 6) is 0.649. The van der Waals surface area contributed by atoms with Crippen molar-refractivity contribution < 1.29 is 9.72 Å². The number of carbonyl (C=O) groups is 1. The summed E-state index contributed by atoms with van der Waals surface area (Å²) < 4.78 is 0. The number of piperidine rings is 1. The third-order valence-electron chi connectivity index (χ3n) is 4.05. The number of nitro groups is 1. The highest BCUT2D eigenvalue weighted by atomic mass is 16.6. The van der Waals surface area contributed by atoms with Gasteiger partial charge < -0.3 is 10.6 Å². The Morgan fingerprint density at radius 1 is 1.42 bits per heavy atom. The van der Waals surface area contributed by atoms with Crippen LogP contribution in [0, 0.1) is 28.9 Å². The van der Waals surface area contributed by atoms with Gasteiger partial charge in [-0.15, -0.1) is 0 Å². The lowest BCUT2D eigenvalue weighted by atomic mass is 10.1. The minimum absolute atomic E-state index is 0.0936. The van der Waals surface area contributed by atoms with E-state index in [1.54, 1.807) is 19.1 Å². The molecule has 6 nitrogen and oxygen atoms in total. The number of nitrogens with one attached hydrogen (secondary N) is 2. The van der Waals surface area contributed by atoms with Crippen LogP contribution in [-0.4, -0.2) is 30.0 Å². The molecule has 2 unspecified atom stereocenters. The number of fused-ring (bicyclic) bond motifs is 1. The molecule has 1 aliphatic heterocycles. The third-order valence-corrected chi connectivity index (χ3v) is 4.05. The van der Waals surface area contributed by atoms with Crippen LogP contribution in [0.1, 0.15) is 15.9 Å². The van der Waals surface area contributed by atoms with Crippen LogP contribution in [0.25, 0.3) is 0 Å². The molecule has 1 amide bonds. The molecule has 1 heterocycles. The van der Waals surface area contributed by atoms with Crippen LogP contribution in [-0.2, 0) is 0 Å². The van der Waals surface area contributed by atoms with E-state index in [4.69, 9.17) is 0 Å². The zero-order chi connectivity index (χ0) is 13.6. The lowest BCUT2D eigenvalue weighted by Crippen LogP contribution is -2.32. The van der Waals surface area contributed by atoms with E-state index >= 15 is 0 Å². The number of para-hydroxylation sites is 1. The van der Waals surface area contributed by atoms with E-state index in [-0.39, 0.29) is 23.2 Å². The second-order valence-electron chi connectivity index (χ2n) is 5.21. The number of hydrogen-bond acceptors (Lipinski definition) is 4. The second kappa shape index (κ2) is 4.31. The maximum atomic E-state index is 12.2. The number of rotatable bonds is 3. The first-order valence-corrected chi connectivity index (χ1v) is 6.35. The van der Waals surface area contributed by atoms with Crippen molar-refractivity contribution in [2.75, 3.05) is 13.1 Å². The first-order valence-electron chi connectivity index (χ1n) is 6.35. The molecule has 1 aromatic rings. The average molecular weight is 261 g/mol. The smallest absolute Gasteiger partial charge is 0.285 e. The molecule has 0 spiro atoms. The number of benzene rings is 1. The van der Waals surface area contributed by atoms with Gasteiger partial charge in [-0.1, -0.05) is 12.1 Å². The minimum atomic E-state index is -0.487. The van der Waals surface area contributed by atoms with Crippen molar-refractivity contribution in [2.45, 2.75) is 13.0 Å². The van der Waals surface area contributed by atoms with E-state index in [0.29, 0.717) is 17.4 Å². The third kappa shape index (κ3) is 1.98. The SMILES string of the molecule is Cc1cccc(C(=O)NC2C3CNCC32)c1[N+](=O)[O-]. The Labute approximate surface area is 110 Å². The zero-order valence-corrected chi connectivity index (χ0v) is 10.6. The molecule has 0 aromatic heterocycles. The monoisotopic (exact) mass is 261 g/mol. The van der Waals surface area contributed by atoms with Crippen molar-refractivity contribution in [2.24, 2.45) is 11.8 Å². The van der Waals surface area contributed by atoms with Gasteiger partial charge in [0, 0.05) is 24.7 Å². The van der Waals surface area contributed by atoms with E-state index in [1.165, 1.54) is 6.07 Å². The summed E-state index contributed by atoms with van der Waals surface area (Å²) in [5.41, 5.74) is 0.571. The lowest BCUT2D eigenvalue weighted by molar-refractivity contribution is -0.385. The summed E-state index contributed by atoms with van der Waals surface area (Å²) in [7, 11) is 0. The Kier molecular flexibility index (Phi) is 2.74. The van der Waals surface area contributed by atoms with Gasteiger partial charge in [-0.05, 0) is 24.8 Å². The Bertz CT molecular complexity index is 548. The van der Waals surface area contributed by atoms with Crippen molar-refractivity contribution in [3.63, 3.8) is 0 Å². The zero-order valence-electron chi connectivity index (χ0n) is 10.6. The molecule has 2 atom stereocenters. The van der Waals surface area contributed by atoms with Crippen molar-refractivity contribution in [1.29, 1.82) is 0 Å². The van der Waals surface area contributed by atoms with Gasteiger partial charge >= 0.3 is 0 Å². The lowest BCUT2D eigenvalue weighted by Gasteiger charge is -2.09. The topological polar surface area (TPSA) is 84.3 Å². The van der Waals surface area contributed by atoms with Crippen molar-refractivity contribution in [1.82, 2.24) is 10.6 Å². The van der Waals surface area contributed by atoms with Gasteiger partial charge in [-0.3, -0.25) is 14.9 Å². The normalized spacial score (nSPS) is 27.7. The number of aryl methyl sites for hydroxylation is 1. The fourth-order valence-corrected chi connectivity index (χ4v) is 2.95. The molecule has 0 radical (unpaired) electrons. The van der Waals surface area contributed by atoms with Gasteiger partial charge in [0.25, 0.3) is 11.6 Å². The van der Waals surface area contributed by atoms with Gasteiger partial charge in [0.05, 0.1) is 4.92 Å². The van der Waals surface area contributed by atoms with E-state index in [1.807, 2.05) is 0 Å². The van der Waals surface area contributed by atoms with Crippen molar-refractivity contribution >= 4 is 11.6 Å². The molecule has 3 rings (SSSR count). The largest absolute Gasteiger partial charge is 0.348 e. The second-order valence-corrected chi connectivity index (χ2v) is 5.21. The number of carbonyl (C=O) groups excluding carboxylic acids is 1. The number of nitrogens with zero attached hydrogens (tertiary/aromatic N) is 1. The first kappa shape index (κ1) is 12.1. The van der Waals surface area contributed by atoms with Crippen LogP contribution in [0.15, 0.2) is 18.2 Å². The fourth-order valence-electron chi connectivity index (χ4n) is 2.95. The summed E-state index contributed by atoms with van der Waals surface area (Å²) in [6.07, 6.45) is 0. The Balaban J connectivity index is 1.80. The van der Waals surface area contributed by atoms with Crippen LogP contribution in [0.5, 0.6) is 0 Å². The summed E-state index contributed by atoms with van der Waals surface area (Å²) in [5, 5.41) is 17.2. The predicted molar refractivity (Wildman–Crippen MR) is 68.9 cm³/mol. The van der Waals surface area contributed by atoms with Crippen LogP contribution in [0.3, 0.4) is 0 Å². The first-order chi connectivity index (χ1) is 9.09. The average Bonchev–Trinajstić information content (AvgIpc) is 2.82. The highest BCUT2D eigenvalue weighted by Gasteiger charge is 2.53. The van der Waals surface area contributed by atoms with Gasteiger partial charge in [0.15, 0.2) is 0 Å². The number of nitro benzene ring substituents is 1. The molecule has 19 heavy (non-hydrogen) atoms. The molecule has 1 aromatic carbocycles. The maximum Gasteiger partial charge on any atom is 0.285 e. The van der Waals surface area contributed by atoms with Crippen LogP contribution in [0.2, 0.25) is 0 Å². The molecule has 100 valence electrons. The van der Waals surface area contributed by atoms with Gasteiger partial charge in [-0.2, -0.15) is 0 Å². The fraction of sp³-hybridized carbons (Fsp3) is 0.462. The van der Waals surface area contributed by atoms with E-state index in [0.717, 1.165) is 13.1 Å². The molecular formula is C13H15N3O3. The summed E-state index contributed by atoms with van der Waals surface area (Å²) >= 11 is 0. The van der Waals surface area contributed by atoms with Crippen LogP contribution < -0.4 is 10.6 Å². The summed E-state index contributed by atoms with van der Waals surface area (Å²) in [4.78, 5) is 22.7. The quantitative estimate of drug-likeness (QED) is 0.624. The van der Waals surface area contributed by atoms with Crippen molar-refractivity contribution in [3.05, 3.63) is 39.4 Å². The number of amides is 1. The Morgan fingerprint density at radius 3 is 2.74 bits per heavy atom. The van der Waals surface area contributed by atoms with Gasteiger partial charge in [0.1, 0.15) is 5.56 Å². The molecule has 0 bridgehead atoms. The van der Waals surface area contributed by atoms with Crippen molar-refractivity contribution in [3.8, 4) is 0 Å². The maximum absolute atomic E-state index is 12.2. The van der Waals surface area contributed by atoms with Gasteiger partial charge in [-0.25, -0.2) is 0 Å². The molecule has 2 N–H and O–H groups in total. The molecule has 2 aliphatic rings. The standard InChI is InChI=1S/C13H15N3O3/c1-7-3-2-4-8(12(7)16(18)19)13(17)15-11-9-5-14-6-10(9)11/h2-4,9-11,14H,5-6H2,1H3,(H,15,17). The molecule has 1 saturated heterocycles. The number of hydrogen-bond donors (Lipinski definition) is 2. The predicted octanol–water partition coefficient (Wildman–Crippen LogP) is 0.851. The molecule has 1 aliphatic carbocycles. The molecule has 1 saturated carbocycles. The van der Waals surface area contributed by atoms with E-state index < -0.39 is 4.92 Å². The Morgan fingerprint density at radius 2 is 2.11 bits per heavy atom. The van der Waals surface area contributed by atoms with E-state index in [2.05, 4.69) is 10.6 Å². The highest BCUT2D eigenvalue weighted by Crippen LogP contribution is 2.41. The summed E-state index contributed by atoms with van der Waals surface area (Å²) in [6, 6.07) is 5.00. The minimum Gasteiger partial charge on any atom is -0.348 e. The van der Waals surface area contributed by atoms with E-state index in [9.17, 15) is 14.9 Å². The summed E-state index contributed by atoms with van der Waals surface area (Å²) in [6.45, 7) is 3.49. The molecule has 2 fully saturated rings. The molecule has 6 heteroatoms. The Hall–Kier alpha value is -1.95.